The number of aliphatic imine (C=N–C) groups is 1. The van der Waals surface area contributed by atoms with Crippen LogP contribution in [0.3, 0.4) is 0 Å². The van der Waals surface area contributed by atoms with Gasteiger partial charge in [-0.1, -0.05) is 11.8 Å². The highest BCUT2D eigenvalue weighted by Gasteiger charge is 2.26. The molecule has 2 amide bonds. The summed E-state index contributed by atoms with van der Waals surface area (Å²) in [5.41, 5.74) is 1.63. The molecule has 3 rings (SSSR count). The van der Waals surface area contributed by atoms with Crippen LogP contribution in [0.4, 0.5) is 5.69 Å². The molecule has 0 radical (unpaired) electrons. The smallest absolute Gasteiger partial charge is 0.259 e. The zero-order valence-electron chi connectivity index (χ0n) is 8.82. The summed E-state index contributed by atoms with van der Waals surface area (Å²) in [4.78, 5) is 27.1. The van der Waals surface area contributed by atoms with Crippen molar-refractivity contribution in [1.29, 1.82) is 0 Å². The monoisotopic (exact) mass is 247 g/mol. The normalized spacial score (nSPS) is 17.8. The molecule has 0 aliphatic carbocycles. The van der Waals surface area contributed by atoms with Crippen LogP contribution in [0.5, 0.6) is 0 Å². The Labute approximate surface area is 102 Å². The largest absolute Gasteiger partial charge is 0.335 e. The average molecular weight is 247 g/mol. The first-order valence-electron chi connectivity index (χ1n) is 5.18. The quantitative estimate of drug-likeness (QED) is 0.729. The molecule has 86 valence electrons. The van der Waals surface area contributed by atoms with E-state index in [1.54, 1.807) is 30.0 Å². The molecule has 1 aromatic rings. The Morgan fingerprint density at radius 3 is 2.82 bits per heavy atom. The lowest BCUT2D eigenvalue weighted by atomic mass is 10.1. The minimum Gasteiger partial charge on any atom is -0.335 e. The molecule has 0 bridgehead atoms. The highest BCUT2D eigenvalue weighted by atomic mass is 32.2. The standard InChI is InChI=1S/C11H9N3O2S/c15-9-7-2-1-6(5-8(7)10(16)14-9)13-11-12-3-4-17-11/h1-2,5H,3-4H2,(H,12,13)(H,14,15,16). The van der Waals surface area contributed by atoms with Crippen LogP contribution in [0.15, 0.2) is 23.2 Å². The van der Waals surface area contributed by atoms with Gasteiger partial charge >= 0.3 is 0 Å². The predicted octanol–water partition coefficient (Wildman–Crippen LogP) is 1.08. The molecule has 6 heteroatoms. The number of hydrogen-bond donors (Lipinski definition) is 2. The number of nitrogens with one attached hydrogen (secondary N) is 2. The van der Waals surface area contributed by atoms with E-state index in [0.717, 1.165) is 23.2 Å². The van der Waals surface area contributed by atoms with Crippen molar-refractivity contribution in [1.82, 2.24) is 5.32 Å². The Morgan fingerprint density at radius 2 is 2.06 bits per heavy atom. The van der Waals surface area contributed by atoms with E-state index in [9.17, 15) is 9.59 Å². The summed E-state index contributed by atoms with van der Waals surface area (Å²) < 4.78 is 0. The number of amidine groups is 1. The number of anilines is 1. The number of imide groups is 1. The van der Waals surface area contributed by atoms with Gasteiger partial charge in [0.05, 0.1) is 17.7 Å². The summed E-state index contributed by atoms with van der Waals surface area (Å²) in [6, 6.07) is 5.10. The van der Waals surface area contributed by atoms with Crippen LogP contribution in [0.1, 0.15) is 20.7 Å². The van der Waals surface area contributed by atoms with Crippen molar-refractivity contribution in [2.45, 2.75) is 0 Å². The van der Waals surface area contributed by atoms with E-state index in [2.05, 4.69) is 15.6 Å². The van der Waals surface area contributed by atoms with Gasteiger partial charge in [0, 0.05) is 11.4 Å². The molecule has 2 aliphatic heterocycles. The van der Waals surface area contributed by atoms with Crippen LogP contribution in [0, 0.1) is 0 Å². The second kappa shape index (κ2) is 3.89. The first-order valence-corrected chi connectivity index (χ1v) is 6.16. The van der Waals surface area contributed by atoms with Gasteiger partial charge in [-0.3, -0.25) is 19.9 Å². The van der Waals surface area contributed by atoms with E-state index in [1.165, 1.54) is 0 Å². The zero-order chi connectivity index (χ0) is 11.8. The summed E-state index contributed by atoms with van der Waals surface area (Å²) >= 11 is 1.64. The third kappa shape index (κ3) is 1.80. The Morgan fingerprint density at radius 1 is 1.24 bits per heavy atom. The summed E-state index contributed by atoms with van der Waals surface area (Å²) in [6.07, 6.45) is 0. The molecule has 17 heavy (non-hydrogen) atoms. The van der Waals surface area contributed by atoms with E-state index >= 15 is 0 Å². The molecule has 0 saturated carbocycles. The van der Waals surface area contributed by atoms with Gasteiger partial charge in [0.2, 0.25) is 0 Å². The minimum atomic E-state index is -0.338. The third-order valence-corrected chi connectivity index (χ3v) is 3.46. The van der Waals surface area contributed by atoms with Gasteiger partial charge in [0.15, 0.2) is 5.17 Å². The van der Waals surface area contributed by atoms with Crippen LogP contribution >= 0.6 is 11.8 Å². The van der Waals surface area contributed by atoms with E-state index in [4.69, 9.17) is 0 Å². The van der Waals surface area contributed by atoms with Gasteiger partial charge < -0.3 is 5.32 Å². The maximum atomic E-state index is 11.5. The lowest BCUT2D eigenvalue weighted by Gasteiger charge is -2.05. The lowest BCUT2D eigenvalue weighted by Crippen LogP contribution is -2.19. The number of thioether (sulfide) groups is 1. The van der Waals surface area contributed by atoms with E-state index < -0.39 is 0 Å². The molecular weight excluding hydrogens is 238 g/mol. The van der Waals surface area contributed by atoms with Gasteiger partial charge in [0.25, 0.3) is 11.8 Å². The number of nitrogens with zero attached hydrogens (tertiary/aromatic N) is 1. The predicted molar refractivity (Wildman–Crippen MR) is 66.6 cm³/mol. The lowest BCUT2D eigenvalue weighted by molar-refractivity contribution is 0.0879. The summed E-state index contributed by atoms with van der Waals surface area (Å²) in [6.45, 7) is 0.816. The molecule has 2 N–H and O–H groups in total. The highest BCUT2D eigenvalue weighted by molar-refractivity contribution is 8.14. The third-order valence-electron chi connectivity index (χ3n) is 2.57. The Bertz CT molecular complexity index is 554. The number of fused-ring (bicyclic) bond motifs is 1. The van der Waals surface area contributed by atoms with Crippen LogP contribution < -0.4 is 10.6 Å². The van der Waals surface area contributed by atoms with Crippen LogP contribution in [0.2, 0.25) is 0 Å². The van der Waals surface area contributed by atoms with E-state index in [1.807, 2.05) is 0 Å². The number of carbonyl (C=O) groups excluding carboxylic acids is 2. The Hall–Kier alpha value is -1.82. The molecule has 2 aliphatic rings. The summed E-state index contributed by atoms with van der Waals surface area (Å²) in [5, 5.41) is 6.25. The van der Waals surface area contributed by atoms with Crippen molar-refractivity contribution in [3.8, 4) is 0 Å². The number of rotatable bonds is 1. The van der Waals surface area contributed by atoms with Crippen molar-refractivity contribution in [2.75, 3.05) is 17.6 Å². The first kappa shape index (κ1) is 10.3. The second-order valence-electron chi connectivity index (χ2n) is 3.70. The van der Waals surface area contributed by atoms with Gasteiger partial charge in [-0.25, -0.2) is 0 Å². The van der Waals surface area contributed by atoms with E-state index in [0.29, 0.717) is 11.1 Å². The molecule has 0 atom stereocenters. The van der Waals surface area contributed by atoms with Crippen molar-refractivity contribution in [3.63, 3.8) is 0 Å². The topological polar surface area (TPSA) is 70.6 Å². The number of hydrogen-bond acceptors (Lipinski definition) is 5. The van der Waals surface area contributed by atoms with Crippen molar-refractivity contribution < 1.29 is 9.59 Å². The number of benzene rings is 1. The molecule has 1 aromatic carbocycles. The van der Waals surface area contributed by atoms with Crippen LogP contribution in [0.25, 0.3) is 0 Å². The maximum Gasteiger partial charge on any atom is 0.259 e. The van der Waals surface area contributed by atoms with Crippen molar-refractivity contribution in [3.05, 3.63) is 29.3 Å². The summed E-state index contributed by atoms with van der Waals surface area (Å²) in [7, 11) is 0. The highest BCUT2D eigenvalue weighted by Crippen LogP contribution is 2.22. The van der Waals surface area contributed by atoms with Crippen LogP contribution in [-0.2, 0) is 0 Å². The Balaban J connectivity index is 1.91. The van der Waals surface area contributed by atoms with E-state index in [-0.39, 0.29) is 11.8 Å². The molecule has 0 unspecified atom stereocenters. The van der Waals surface area contributed by atoms with Gasteiger partial charge in [-0.05, 0) is 18.2 Å². The molecule has 0 spiro atoms. The number of carbonyl (C=O) groups is 2. The molecule has 2 heterocycles. The second-order valence-corrected chi connectivity index (χ2v) is 4.79. The zero-order valence-corrected chi connectivity index (χ0v) is 9.63. The fraction of sp³-hybridized carbons (Fsp3) is 0.182. The molecule has 5 nitrogen and oxygen atoms in total. The number of amides is 2. The summed E-state index contributed by atoms with van der Waals surface area (Å²) in [5.74, 6) is 0.311. The maximum absolute atomic E-state index is 11.5. The fourth-order valence-electron chi connectivity index (χ4n) is 1.78. The van der Waals surface area contributed by atoms with Crippen LogP contribution in [-0.4, -0.2) is 29.3 Å². The Kier molecular flexibility index (Phi) is 2.36. The van der Waals surface area contributed by atoms with Crippen molar-refractivity contribution >= 4 is 34.4 Å². The van der Waals surface area contributed by atoms with Crippen molar-refractivity contribution in [2.24, 2.45) is 4.99 Å². The van der Waals surface area contributed by atoms with Gasteiger partial charge in [-0.2, -0.15) is 0 Å². The minimum absolute atomic E-state index is 0.330. The fourth-order valence-corrected chi connectivity index (χ4v) is 2.53. The molecule has 0 saturated heterocycles. The van der Waals surface area contributed by atoms with Gasteiger partial charge in [0.1, 0.15) is 0 Å². The van der Waals surface area contributed by atoms with Gasteiger partial charge in [-0.15, -0.1) is 0 Å². The average Bonchev–Trinajstić information content (AvgIpc) is 2.89. The first-order chi connectivity index (χ1) is 8.24. The SMILES string of the molecule is O=C1NC(=O)c2cc(NC3=NCCS3)ccc21. The molecular formula is C11H9N3O2S. The molecule has 0 aromatic heterocycles. The molecule has 0 fully saturated rings.